The predicted octanol–water partition coefficient (Wildman–Crippen LogP) is 2.91. The van der Waals surface area contributed by atoms with Crippen molar-refractivity contribution in [3.63, 3.8) is 0 Å². The van der Waals surface area contributed by atoms with Crippen LogP contribution in [0.5, 0.6) is 0 Å². The minimum Gasteiger partial charge on any atom is -0.399 e. The summed E-state index contributed by atoms with van der Waals surface area (Å²) in [5.74, 6) is 0. The molecule has 1 aromatic heterocycles. The van der Waals surface area contributed by atoms with Gasteiger partial charge in [0.05, 0.1) is 3.79 Å². The van der Waals surface area contributed by atoms with Crippen LogP contribution in [0, 0.1) is 0 Å². The van der Waals surface area contributed by atoms with Crippen molar-refractivity contribution in [1.82, 2.24) is 4.31 Å². The number of sulfonamides is 1. The highest BCUT2D eigenvalue weighted by molar-refractivity contribution is 9.11. The summed E-state index contributed by atoms with van der Waals surface area (Å²) in [6.07, 6.45) is 0. The third-order valence-corrected chi connectivity index (χ3v) is 6.46. The molecule has 102 valence electrons. The molecule has 0 aliphatic heterocycles. The predicted molar refractivity (Wildman–Crippen MR) is 81.5 cm³/mol. The van der Waals surface area contributed by atoms with Crippen LogP contribution < -0.4 is 5.73 Å². The maximum absolute atomic E-state index is 12.3. The lowest BCUT2D eigenvalue weighted by Gasteiger charge is -2.16. The van der Waals surface area contributed by atoms with E-state index in [-0.39, 0.29) is 0 Å². The average Bonchev–Trinajstić information content (AvgIpc) is 2.76. The normalized spacial score (nSPS) is 11.9. The largest absolute Gasteiger partial charge is 0.399 e. The minimum absolute atomic E-state index is 0.295. The zero-order valence-electron chi connectivity index (χ0n) is 10.2. The highest BCUT2D eigenvalue weighted by atomic mass is 79.9. The first-order valence-electron chi connectivity index (χ1n) is 5.45. The first-order valence-corrected chi connectivity index (χ1v) is 8.50. The molecule has 0 atom stereocenters. The molecule has 1 heterocycles. The van der Waals surface area contributed by atoms with Crippen LogP contribution in [-0.2, 0) is 16.6 Å². The molecule has 2 N–H and O–H groups in total. The highest BCUT2D eigenvalue weighted by Gasteiger charge is 2.22. The van der Waals surface area contributed by atoms with E-state index in [4.69, 9.17) is 5.73 Å². The minimum atomic E-state index is -3.45. The second kappa shape index (κ2) is 5.62. The monoisotopic (exact) mass is 360 g/mol. The number of thiophene rings is 1. The summed E-state index contributed by atoms with van der Waals surface area (Å²) in [4.78, 5) is 0. The molecule has 0 fully saturated rings. The molecule has 0 saturated carbocycles. The Labute approximate surface area is 125 Å². The van der Waals surface area contributed by atoms with Gasteiger partial charge in [-0.1, -0.05) is 12.1 Å². The van der Waals surface area contributed by atoms with E-state index in [1.165, 1.54) is 15.6 Å². The van der Waals surface area contributed by atoms with E-state index >= 15 is 0 Å². The third kappa shape index (κ3) is 3.36. The Kier molecular flexibility index (Phi) is 4.29. The molecule has 4 nitrogen and oxygen atoms in total. The fraction of sp³-hybridized carbons (Fsp3) is 0.167. The van der Waals surface area contributed by atoms with Gasteiger partial charge in [0, 0.05) is 19.3 Å². The number of hydrogen-bond acceptors (Lipinski definition) is 4. The third-order valence-electron chi connectivity index (χ3n) is 2.57. The Morgan fingerprint density at radius 2 is 2.05 bits per heavy atom. The average molecular weight is 361 g/mol. The van der Waals surface area contributed by atoms with Crippen molar-refractivity contribution in [2.75, 3.05) is 12.8 Å². The molecule has 0 bridgehead atoms. The number of rotatable bonds is 4. The molecule has 0 aliphatic carbocycles. The number of hydrogen-bond donors (Lipinski definition) is 1. The van der Waals surface area contributed by atoms with Crippen molar-refractivity contribution in [2.45, 2.75) is 10.8 Å². The molecule has 0 radical (unpaired) electrons. The van der Waals surface area contributed by atoms with Crippen LogP contribution in [0.4, 0.5) is 5.69 Å². The first kappa shape index (κ1) is 14.5. The van der Waals surface area contributed by atoms with Crippen molar-refractivity contribution in [3.05, 3.63) is 45.7 Å². The number of halogens is 1. The van der Waals surface area contributed by atoms with Crippen molar-refractivity contribution in [2.24, 2.45) is 0 Å². The molecule has 0 saturated heterocycles. The summed E-state index contributed by atoms with van der Waals surface area (Å²) in [6.45, 7) is 0.295. The summed E-state index contributed by atoms with van der Waals surface area (Å²) in [6, 6.07) is 10.5. The molecule has 1 aromatic carbocycles. The fourth-order valence-corrected chi connectivity index (χ4v) is 5.00. The van der Waals surface area contributed by atoms with Gasteiger partial charge in [0.15, 0.2) is 0 Å². The van der Waals surface area contributed by atoms with Crippen LogP contribution >= 0.6 is 27.3 Å². The Morgan fingerprint density at radius 1 is 1.32 bits per heavy atom. The first-order chi connectivity index (χ1) is 8.89. The SMILES string of the molecule is CN(Cc1cccc(N)c1)S(=O)(=O)c1ccc(Br)s1. The van der Waals surface area contributed by atoms with Crippen LogP contribution in [0.15, 0.2) is 44.4 Å². The van der Waals surface area contributed by atoms with E-state index in [0.717, 1.165) is 9.35 Å². The van der Waals surface area contributed by atoms with Gasteiger partial charge in [0.25, 0.3) is 10.0 Å². The molecule has 0 amide bonds. The summed E-state index contributed by atoms with van der Waals surface area (Å²) < 4.78 is 27.1. The number of anilines is 1. The number of nitrogen functional groups attached to an aromatic ring is 1. The fourth-order valence-electron chi connectivity index (χ4n) is 1.62. The maximum Gasteiger partial charge on any atom is 0.252 e. The van der Waals surface area contributed by atoms with Crippen LogP contribution in [-0.4, -0.2) is 19.8 Å². The summed E-state index contributed by atoms with van der Waals surface area (Å²) >= 11 is 4.47. The van der Waals surface area contributed by atoms with E-state index in [9.17, 15) is 8.42 Å². The zero-order chi connectivity index (χ0) is 14.0. The van der Waals surface area contributed by atoms with Gasteiger partial charge in [-0.05, 0) is 45.8 Å². The van der Waals surface area contributed by atoms with Crippen molar-refractivity contribution in [3.8, 4) is 0 Å². The van der Waals surface area contributed by atoms with Crippen molar-refractivity contribution < 1.29 is 8.42 Å². The van der Waals surface area contributed by atoms with Gasteiger partial charge in [-0.15, -0.1) is 11.3 Å². The maximum atomic E-state index is 12.3. The molecule has 0 aliphatic rings. The quantitative estimate of drug-likeness (QED) is 0.852. The van der Waals surface area contributed by atoms with E-state index in [1.54, 1.807) is 31.3 Å². The van der Waals surface area contributed by atoms with Crippen LogP contribution in [0.3, 0.4) is 0 Å². The van der Waals surface area contributed by atoms with Crippen LogP contribution in [0.2, 0.25) is 0 Å². The van der Waals surface area contributed by atoms with Gasteiger partial charge in [0.2, 0.25) is 0 Å². The molecule has 2 aromatic rings. The second-order valence-corrected chi connectivity index (χ2v) is 8.80. The van der Waals surface area contributed by atoms with Gasteiger partial charge in [-0.2, -0.15) is 4.31 Å². The lowest BCUT2D eigenvalue weighted by Crippen LogP contribution is -2.25. The van der Waals surface area contributed by atoms with Gasteiger partial charge in [-0.3, -0.25) is 0 Å². The van der Waals surface area contributed by atoms with Gasteiger partial charge in [-0.25, -0.2) is 8.42 Å². The van der Waals surface area contributed by atoms with Crippen molar-refractivity contribution in [1.29, 1.82) is 0 Å². The van der Waals surface area contributed by atoms with Gasteiger partial charge >= 0.3 is 0 Å². The Morgan fingerprint density at radius 3 is 2.63 bits per heavy atom. The lowest BCUT2D eigenvalue weighted by molar-refractivity contribution is 0.468. The standard InChI is InChI=1S/C12H13BrN2O2S2/c1-15(8-9-3-2-4-10(14)7-9)19(16,17)12-6-5-11(13)18-12/h2-7H,8,14H2,1H3. The second-order valence-electron chi connectivity index (χ2n) is 4.06. The molecule has 2 rings (SSSR count). The lowest BCUT2D eigenvalue weighted by atomic mass is 10.2. The van der Waals surface area contributed by atoms with Gasteiger partial charge in [0.1, 0.15) is 4.21 Å². The van der Waals surface area contributed by atoms with E-state index in [2.05, 4.69) is 15.9 Å². The molecule has 0 unspecified atom stereocenters. The van der Waals surface area contributed by atoms with E-state index < -0.39 is 10.0 Å². The Bertz CT molecular complexity index is 683. The molecular formula is C12H13BrN2O2S2. The molecule has 7 heteroatoms. The van der Waals surface area contributed by atoms with Crippen LogP contribution in [0.25, 0.3) is 0 Å². The van der Waals surface area contributed by atoms with E-state index in [0.29, 0.717) is 16.4 Å². The number of benzene rings is 1. The summed E-state index contributed by atoms with van der Waals surface area (Å²) in [5.41, 5.74) is 7.18. The Hall–Kier alpha value is -0.890. The summed E-state index contributed by atoms with van der Waals surface area (Å²) in [5, 5.41) is 0. The number of nitrogens with two attached hydrogens (primary N) is 1. The number of nitrogens with zero attached hydrogens (tertiary/aromatic N) is 1. The molecule has 0 spiro atoms. The topological polar surface area (TPSA) is 63.4 Å². The smallest absolute Gasteiger partial charge is 0.252 e. The Balaban J connectivity index is 2.22. The molecular weight excluding hydrogens is 348 g/mol. The van der Waals surface area contributed by atoms with Gasteiger partial charge < -0.3 is 5.73 Å². The highest BCUT2D eigenvalue weighted by Crippen LogP contribution is 2.28. The molecule has 19 heavy (non-hydrogen) atoms. The summed E-state index contributed by atoms with van der Waals surface area (Å²) in [7, 11) is -1.89. The van der Waals surface area contributed by atoms with E-state index in [1.807, 2.05) is 12.1 Å². The van der Waals surface area contributed by atoms with Crippen LogP contribution in [0.1, 0.15) is 5.56 Å². The van der Waals surface area contributed by atoms with Crippen molar-refractivity contribution >= 4 is 43.0 Å². The zero-order valence-corrected chi connectivity index (χ0v) is 13.4.